The summed E-state index contributed by atoms with van der Waals surface area (Å²) in [5.41, 5.74) is 0.589. The lowest BCUT2D eigenvalue weighted by Gasteiger charge is -2.18. The molecule has 102 valence electrons. The van der Waals surface area contributed by atoms with Gasteiger partial charge < -0.3 is 5.11 Å². The third-order valence-corrected chi connectivity index (χ3v) is 6.64. The molecule has 19 heavy (non-hydrogen) atoms. The summed E-state index contributed by atoms with van der Waals surface area (Å²) in [6.45, 7) is -0.173. The first kappa shape index (κ1) is 14.5. The highest BCUT2D eigenvalue weighted by Gasteiger charge is 2.25. The molecule has 2 rings (SSSR count). The van der Waals surface area contributed by atoms with Gasteiger partial charge in [-0.1, -0.05) is 18.2 Å². The van der Waals surface area contributed by atoms with Crippen LogP contribution < -0.4 is 4.31 Å². The van der Waals surface area contributed by atoms with Gasteiger partial charge in [-0.25, -0.2) is 8.42 Å². The molecular formula is C12H12BrNO3S2. The Morgan fingerprint density at radius 2 is 1.95 bits per heavy atom. The zero-order valence-corrected chi connectivity index (χ0v) is 13.3. The summed E-state index contributed by atoms with van der Waals surface area (Å²) in [5.74, 6) is 0. The van der Waals surface area contributed by atoms with E-state index in [2.05, 4.69) is 15.9 Å². The van der Waals surface area contributed by atoms with E-state index in [1.165, 1.54) is 28.8 Å². The fraction of sp³-hybridized carbons (Fsp3) is 0.167. The van der Waals surface area contributed by atoms with Crippen LogP contribution >= 0.6 is 27.3 Å². The number of benzene rings is 1. The molecule has 4 nitrogen and oxygen atoms in total. The second-order valence-electron chi connectivity index (χ2n) is 3.82. The fourth-order valence-corrected chi connectivity index (χ4v) is 5.26. The number of rotatable bonds is 4. The summed E-state index contributed by atoms with van der Waals surface area (Å²) >= 11 is 4.45. The predicted molar refractivity (Wildman–Crippen MR) is 80.0 cm³/mol. The van der Waals surface area contributed by atoms with Crippen LogP contribution in [0.25, 0.3) is 0 Å². The predicted octanol–water partition coefficient (Wildman–Crippen LogP) is 2.83. The molecule has 0 bridgehead atoms. The van der Waals surface area contributed by atoms with Crippen molar-refractivity contribution in [3.63, 3.8) is 0 Å². The van der Waals surface area contributed by atoms with Gasteiger partial charge in [0.05, 0.1) is 16.1 Å². The summed E-state index contributed by atoms with van der Waals surface area (Å²) in [7, 11) is -2.12. The molecule has 0 atom stereocenters. The number of halogens is 1. The van der Waals surface area contributed by atoms with Gasteiger partial charge in [-0.05, 0) is 34.1 Å². The molecule has 0 aliphatic heterocycles. The van der Waals surface area contributed by atoms with Crippen molar-refractivity contribution in [2.24, 2.45) is 0 Å². The van der Waals surface area contributed by atoms with E-state index < -0.39 is 10.0 Å². The maximum atomic E-state index is 12.5. The van der Waals surface area contributed by atoms with E-state index in [1.54, 1.807) is 24.3 Å². The zero-order valence-electron chi connectivity index (χ0n) is 10.1. The van der Waals surface area contributed by atoms with Crippen LogP contribution in [0.5, 0.6) is 0 Å². The molecule has 0 saturated heterocycles. The van der Waals surface area contributed by atoms with E-state index in [0.29, 0.717) is 14.4 Å². The van der Waals surface area contributed by atoms with Crippen LogP contribution in [0.4, 0.5) is 5.69 Å². The molecule has 0 spiro atoms. The Bertz CT molecular complexity index is 668. The minimum atomic E-state index is -3.63. The molecule has 1 aromatic carbocycles. The Morgan fingerprint density at radius 3 is 2.47 bits per heavy atom. The highest BCUT2D eigenvalue weighted by molar-refractivity contribution is 9.11. The van der Waals surface area contributed by atoms with Crippen LogP contribution in [0.1, 0.15) is 4.88 Å². The molecule has 0 saturated carbocycles. The maximum absolute atomic E-state index is 12.5. The topological polar surface area (TPSA) is 57.6 Å². The molecular weight excluding hydrogens is 350 g/mol. The minimum Gasteiger partial charge on any atom is -0.391 e. The van der Waals surface area contributed by atoms with Crippen molar-refractivity contribution < 1.29 is 13.5 Å². The Balaban J connectivity index is 2.45. The van der Waals surface area contributed by atoms with Gasteiger partial charge in [-0.2, -0.15) is 0 Å². The quantitative estimate of drug-likeness (QED) is 0.910. The lowest BCUT2D eigenvalue weighted by atomic mass is 10.3. The van der Waals surface area contributed by atoms with Crippen LogP contribution in [0, 0.1) is 0 Å². The molecule has 0 unspecified atom stereocenters. The van der Waals surface area contributed by atoms with Crippen molar-refractivity contribution in [3.8, 4) is 0 Å². The molecule has 0 radical (unpaired) electrons. The van der Waals surface area contributed by atoms with Crippen LogP contribution in [0.15, 0.2) is 45.1 Å². The van der Waals surface area contributed by atoms with Gasteiger partial charge in [-0.3, -0.25) is 4.31 Å². The van der Waals surface area contributed by atoms with E-state index in [0.717, 1.165) is 0 Å². The van der Waals surface area contributed by atoms with Crippen molar-refractivity contribution >= 4 is 43.0 Å². The maximum Gasteiger partial charge on any atom is 0.266 e. The average molecular weight is 362 g/mol. The van der Waals surface area contributed by atoms with Crippen molar-refractivity contribution in [2.45, 2.75) is 11.5 Å². The number of aliphatic hydroxyl groups is 1. The lowest BCUT2D eigenvalue weighted by Crippen LogP contribution is -2.26. The number of para-hydroxylation sites is 1. The number of hydrogen-bond acceptors (Lipinski definition) is 4. The number of thiophene rings is 1. The van der Waals surface area contributed by atoms with Gasteiger partial charge in [0.2, 0.25) is 0 Å². The third kappa shape index (κ3) is 2.84. The fourth-order valence-electron chi connectivity index (χ4n) is 1.58. The Kier molecular flexibility index (Phi) is 4.29. The zero-order chi connectivity index (χ0) is 14.0. The second kappa shape index (κ2) is 5.62. The number of nitrogens with zero attached hydrogens (tertiary/aromatic N) is 1. The molecule has 0 fully saturated rings. The smallest absolute Gasteiger partial charge is 0.266 e. The minimum absolute atomic E-state index is 0.173. The second-order valence-corrected chi connectivity index (χ2v) is 8.21. The summed E-state index contributed by atoms with van der Waals surface area (Å²) in [6.07, 6.45) is 0. The van der Waals surface area contributed by atoms with Gasteiger partial charge in [0.15, 0.2) is 0 Å². The van der Waals surface area contributed by atoms with Crippen molar-refractivity contribution in [3.05, 3.63) is 45.1 Å². The monoisotopic (exact) mass is 361 g/mol. The highest BCUT2D eigenvalue weighted by Crippen LogP contribution is 2.34. The molecule has 7 heteroatoms. The van der Waals surface area contributed by atoms with E-state index >= 15 is 0 Å². The molecule has 1 N–H and O–H groups in total. The van der Waals surface area contributed by atoms with Crippen LogP contribution in [-0.4, -0.2) is 20.6 Å². The van der Waals surface area contributed by atoms with E-state index in [4.69, 9.17) is 5.11 Å². The van der Waals surface area contributed by atoms with Crippen LogP contribution in [-0.2, 0) is 16.6 Å². The van der Waals surface area contributed by atoms with Crippen molar-refractivity contribution in [1.82, 2.24) is 0 Å². The number of aliphatic hydroxyl groups excluding tert-OH is 1. The molecule has 1 heterocycles. The Morgan fingerprint density at radius 1 is 1.32 bits per heavy atom. The van der Waals surface area contributed by atoms with Gasteiger partial charge in [-0.15, -0.1) is 11.3 Å². The third-order valence-electron chi connectivity index (χ3n) is 2.62. The first-order valence-corrected chi connectivity index (χ1v) is 8.45. The molecule has 2 aromatic rings. The number of sulfonamides is 1. The summed E-state index contributed by atoms with van der Waals surface area (Å²) in [4.78, 5) is 0.778. The summed E-state index contributed by atoms with van der Waals surface area (Å²) in [6, 6.07) is 10.3. The summed E-state index contributed by atoms with van der Waals surface area (Å²) in [5, 5.41) is 9.08. The number of hydrogen-bond donors (Lipinski definition) is 1. The van der Waals surface area contributed by atoms with E-state index in [1.807, 2.05) is 6.07 Å². The van der Waals surface area contributed by atoms with Crippen LogP contribution in [0.2, 0.25) is 0 Å². The van der Waals surface area contributed by atoms with Crippen molar-refractivity contribution in [1.29, 1.82) is 0 Å². The molecule has 0 aliphatic carbocycles. The van der Waals surface area contributed by atoms with Gasteiger partial charge in [0.1, 0.15) is 4.90 Å². The van der Waals surface area contributed by atoms with Gasteiger partial charge in [0, 0.05) is 11.9 Å². The lowest BCUT2D eigenvalue weighted by molar-refractivity contribution is 0.285. The highest BCUT2D eigenvalue weighted by atomic mass is 79.9. The Hall–Kier alpha value is -0.890. The molecule has 0 amide bonds. The van der Waals surface area contributed by atoms with E-state index in [9.17, 15) is 8.42 Å². The van der Waals surface area contributed by atoms with E-state index in [-0.39, 0.29) is 11.5 Å². The Labute approximate surface area is 124 Å². The van der Waals surface area contributed by atoms with Crippen LogP contribution in [0.3, 0.4) is 0 Å². The van der Waals surface area contributed by atoms with Crippen molar-refractivity contribution in [2.75, 3.05) is 11.4 Å². The van der Waals surface area contributed by atoms with Gasteiger partial charge in [0.25, 0.3) is 10.0 Å². The number of anilines is 1. The average Bonchev–Trinajstić information content (AvgIpc) is 2.81. The normalized spacial score (nSPS) is 11.5. The first-order valence-electron chi connectivity index (χ1n) is 5.40. The molecule has 1 aromatic heterocycles. The standard InChI is InChI=1S/C12H12BrNO3S2/c1-14(9-5-3-2-4-6-9)19(16,17)11-7-10(8-15)18-12(11)13/h2-7,15H,8H2,1H3. The molecule has 0 aliphatic rings. The van der Waals surface area contributed by atoms with Gasteiger partial charge >= 0.3 is 0 Å². The largest absolute Gasteiger partial charge is 0.391 e. The summed E-state index contributed by atoms with van der Waals surface area (Å²) < 4.78 is 26.7. The SMILES string of the molecule is CN(c1ccccc1)S(=O)(=O)c1cc(CO)sc1Br. The first-order chi connectivity index (χ1) is 8.96.